The SMILES string of the molecule is CCCC(O)c1ccn(CCn2ccnc2C)c1. The predicted molar refractivity (Wildman–Crippen MR) is 71.3 cm³/mol. The van der Waals surface area contributed by atoms with Gasteiger partial charge in [0.1, 0.15) is 5.82 Å². The van der Waals surface area contributed by atoms with Crippen LogP contribution in [0.25, 0.3) is 0 Å². The molecule has 0 saturated heterocycles. The molecule has 18 heavy (non-hydrogen) atoms. The van der Waals surface area contributed by atoms with Crippen molar-refractivity contribution in [2.45, 2.75) is 45.9 Å². The molecule has 1 N–H and O–H groups in total. The van der Waals surface area contributed by atoms with E-state index >= 15 is 0 Å². The maximum Gasteiger partial charge on any atom is 0.105 e. The van der Waals surface area contributed by atoms with Gasteiger partial charge < -0.3 is 14.2 Å². The van der Waals surface area contributed by atoms with Gasteiger partial charge in [-0.15, -0.1) is 0 Å². The van der Waals surface area contributed by atoms with Gasteiger partial charge in [-0.25, -0.2) is 4.98 Å². The number of nitrogens with zero attached hydrogens (tertiary/aromatic N) is 3. The molecule has 0 aliphatic heterocycles. The van der Waals surface area contributed by atoms with Crippen LogP contribution in [-0.4, -0.2) is 19.2 Å². The highest BCUT2D eigenvalue weighted by atomic mass is 16.3. The van der Waals surface area contributed by atoms with E-state index in [1.165, 1.54) is 0 Å². The van der Waals surface area contributed by atoms with Crippen molar-refractivity contribution in [3.63, 3.8) is 0 Å². The molecule has 0 saturated carbocycles. The standard InChI is InChI=1S/C14H21N3O/c1-3-4-14(18)13-5-7-16(11-13)9-10-17-8-6-15-12(17)2/h5-8,11,14,18H,3-4,9-10H2,1-2H3. The van der Waals surface area contributed by atoms with Crippen LogP contribution in [0.15, 0.2) is 30.9 Å². The topological polar surface area (TPSA) is 43.0 Å². The van der Waals surface area contributed by atoms with Gasteiger partial charge in [0.05, 0.1) is 6.10 Å². The Labute approximate surface area is 108 Å². The van der Waals surface area contributed by atoms with Gasteiger partial charge >= 0.3 is 0 Å². The van der Waals surface area contributed by atoms with Crippen LogP contribution in [0.4, 0.5) is 0 Å². The molecule has 0 fully saturated rings. The van der Waals surface area contributed by atoms with Crippen molar-refractivity contribution in [1.29, 1.82) is 0 Å². The van der Waals surface area contributed by atoms with Crippen molar-refractivity contribution in [2.24, 2.45) is 0 Å². The van der Waals surface area contributed by atoms with Gasteiger partial charge in [-0.1, -0.05) is 13.3 Å². The fourth-order valence-corrected chi connectivity index (χ4v) is 2.10. The van der Waals surface area contributed by atoms with Crippen LogP contribution in [0.5, 0.6) is 0 Å². The molecule has 0 radical (unpaired) electrons. The molecule has 0 spiro atoms. The Morgan fingerprint density at radius 3 is 2.83 bits per heavy atom. The first-order valence-corrected chi connectivity index (χ1v) is 6.52. The first-order chi connectivity index (χ1) is 8.70. The fraction of sp³-hybridized carbons (Fsp3) is 0.500. The molecule has 4 heteroatoms. The zero-order valence-corrected chi connectivity index (χ0v) is 11.1. The van der Waals surface area contributed by atoms with Crippen molar-refractivity contribution in [3.05, 3.63) is 42.2 Å². The molecule has 4 nitrogen and oxygen atoms in total. The Bertz CT molecular complexity index is 487. The summed E-state index contributed by atoms with van der Waals surface area (Å²) in [5, 5.41) is 9.90. The van der Waals surface area contributed by atoms with Crippen molar-refractivity contribution in [1.82, 2.24) is 14.1 Å². The second kappa shape index (κ2) is 5.87. The highest BCUT2D eigenvalue weighted by molar-refractivity contribution is 5.13. The van der Waals surface area contributed by atoms with E-state index in [4.69, 9.17) is 0 Å². The second-order valence-corrected chi connectivity index (χ2v) is 4.65. The Balaban J connectivity index is 1.93. The van der Waals surface area contributed by atoms with Gasteiger partial charge in [0.25, 0.3) is 0 Å². The van der Waals surface area contributed by atoms with E-state index in [1.807, 2.05) is 37.8 Å². The third kappa shape index (κ3) is 3.01. The summed E-state index contributed by atoms with van der Waals surface area (Å²) >= 11 is 0. The van der Waals surface area contributed by atoms with Crippen LogP contribution in [0.2, 0.25) is 0 Å². The minimum atomic E-state index is -0.328. The summed E-state index contributed by atoms with van der Waals surface area (Å²) in [6, 6.07) is 2.00. The van der Waals surface area contributed by atoms with Crippen LogP contribution in [0, 0.1) is 6.92 Å². The summed E-state index contributed by atoms with van der Waals surface area (Å²) in [5.74, 6) is 1.04. The van der Waals surface area contributed by atoms with E-state index in [0.717, 1.165) is 37.3 Å². The number of imidazole rings is 1. The smallest absolute Gasteiger partial charge is 0.105 e. The lowest BCUT2D eigenvalue weighted by molar-refractivity contribution is 0.166. The van der Waals surface area contributed by atoms with Crippen molar-refractivity contribution < 1.29 is 5.11 Å². The lowest BCUT2D eigenvalue weighted by atomic mass is 10.1. The summed E-state index contributed by atoms with van der Waals surface area (Å²) in [6.07, 6.45) is 9.37. The number of aryl methyl sites for hydroxylation is 3. The highest BCUT2D eigenvalue weighted by Crippen LogP contribution is 2.18. The van der Waals surface area contributed by atoms with Crippen LogP contribution in [0.1, 0.15) is 37.3 Å². The van der Waals surface area contributed by atoms with Crippen molar-refractivity contribution in [3.8, 4) is 0 Å². The second-order valence-electron chi connectivity index (χ2n) is 4.65. The fourth-order valence-electron chi connectivity index (χ4n) is 2.10. The summed E-state index contributed by atoms with van der Waals surface area (Å²) in [4.78, 5) is 4.20. The third-order valence-electron chi connectivity index (χ3n) is 3.24. The van der Waals surface area contributed by atoms with E-state index in [1.54, 1.807) is 0 Å². The number of aliphatic hydroxyl groups is 1. The summed E-state index contributed by atoms with van der Waals surface area (Å²) in [6.45, 7) is 5.90. The van der Waals surface area contributed by atoms with E-state index in [2.05, 4.69) is 21.0 Å². The van der Waals surface area contributed by atoms with E-state index < -0.39 is 0 Å². The zero-order valence-electron chi connectivity index (χ0n) is 11.1. The van der Waals surface area contributed by atoms with Crippen LogP contribution in [0.3, 0.4) is 0 Å². The van der Waals surface area contributed by atoms with Gasteiger partial charge in [0.2, 0.25) is 0 Å². The van der Waals surface area contributed by atoms with Crippen LogP contribution in [-0.2, 0) is 13.1 Å². The van der Waals surface area contributed by atoms with Gasteiger partial charge in [0.15, 0.2) is 0 Å². The molecule has 0 aromatic carbocycles. The molecule has 2 aromatic heterocycles. The minimum Gasteiger partial charge on any atom is -0.388 e. The molecular weight excluding hydrogens is 226 g/mol. The maximum absolute atomic E-state index is 9.90. The number of hydrogen-bond donors (Lipinski definition) is 1. The number of aliphatic hydroxyl groups excluding tert-OH is 1. The molecule has 1 atom stereocenters. The normalized spacial score (nSPS) is 12.8. The molecule has 2 heterocycles. The van der Waals surface area contributed by atoms with Gasteiger partial charge in [0, 0.05) is 37.9 Å². The number of hydrogen-bond acceptors (Lipinski definition) is 2. The average Bonchev–Trinajstić information content (AvgIpc) is 2.96. The van der Waals surface area contributed by atoms with Gasteiger partial charge in [-0.2, -0.15) is 0 Å². The lowest BCUT2D eigenvalue weighted by Gasteiger charge is -2.07. The molecule has 2 rings (SSSR count). The van der Waals surface area contributed by atoms with Crippen LogP contribution >= 0.6 is 0 Å². The van der Waals surface area contributed by atoms with Crippen molar-refractivity contribution in [2.75, 3.05) is 0 Å². The molecule has 2 aromatic rings. The Hall–Kier alpha value is -1.55. The quantitative estimate of drug-likeness (QED) is 0.852. The van der Waals surface area contributed by atoms with E-state index in [9.17, 15) is 5.11 Å². The maximum atomic E-state index is 9.90. The molecule has 0 aliphatic carbocycles. The average molecular weight is 247 g/mol. The van der Waals surface area contributed by atoms with E-state index in [-0.39, 0.29) is 6.10 Å². The molecular formula is C14H21N3O. The first-order valence-electron chi connectivity index (χ1n) is 6.52. The first kappa shape index (κ1) is 12.9. The molecule has 0 amide bonds. The predicted octanol–water partition coefficient (Wildman–Crippen LogP) is 2.53. The van der Waals surface area contributed by atoms with E-state index in [0.29, 0.717) is 0 Å². The Morgan fingerprint density at radius 1 is 1.33 bits per heavy atom. The lowest BCUT2D eigenvalue weighted by Crippen LogP contribution is -2.06. The summed E-state index contributed by atoms with van der Waals surface area (Å²) in [5.41, 5.74) is 1.01. The summed E-state index contributed by atoms with van der Waals surface area (Å²) < 4.78 is 4.25. The minimum absolute atomic E-state index is 0.328. The molecule has 0 bridgehead atoms. The number of aromatic nitrogens is 3. The number of rotatable bonds is 6. The molecule has 98 valence electrons. The Kier molecular flexibility index (Phi) is 4.20. The zero-order chi connectivity index (χ0) is 13.0. The third-order valence-corrected chi connectivity index (χ3v) is 3.24. The largest absolute Gasteiger partial charge is 0.388 e. The summed E-state index contributed by atoms with van der Waals surface area (Å²) in [7, 11) is 0. The molecule has 0 aliphatic rings. The highest BCUT2D eigenvalue weighted by Gasteiger charge is 2.07. The van der Waals surface area contributed by atoms with Crippen molar-refractivity contribution >= 4 is 0 Å². The van der Waals surface area contributed by atoms with Gasteiger partial charge in [-0.05, 0) is 25.0 Å². The van der Waals surface area contributed by atoms with Crippen LogP contribution < -0.4 is 0 Å². The van der Waals surface area contributed by atoms with Gasteiger partial charge in [-0.3, -0.25) is 0 Å². The monoisotopic (exact) mass is 247 g/mol. The molecule has 1 unspecified atom stereocenters. The Morgan fingerprint density at radius 2 is 2.17 bits per heavy atom.